The summed E-state index contributed by atoms with van der Waals surface area (Å²) < 4.78 is 0. The molecule has 4 heteroatoms. The number of nitrogens with zero attached hydrogens (tertiary/aromatic N) is 2. The zero-order valence-corrected chi connectivity index (χ0v) is 11.0. The number of rotatable bonds is 3. The first-order valence-electron chi connectivity index (χ1n) is 6.74. The van der Waals surface area contributed by atoms with Crippen molar-refractivity contribution in [3.63, 3.8) is 0 Å². The van der Waals surface area contributed by atoms with E-state index in [2.05, 4.69) is 6.07 Å². The van der Waals surface area contributed by atoms with Crippen LogP contribution in [-0.2, 0) is 11.2 Å². The summed E-state index contributed by atoms with van der Waals surface area (Å²) in [6.45, 7) is 1.67. The Labute approximate surface area is 113 Å². The van der Waals surface area contributed by atoms with Gasteiger partial charge in [-0.25, -0.2) is 0 Å². The predicted octanol–water partition coefficient (Wildman–Crippen LogP) is 1.44. The molecular formula is C15H19N3O. The lowest BCUT2D eigenvalue weighted by molar-refractivity contribution is -0.133. The second kappa shape index (κ2) is 6.35. The summed E-state index contributed by atoms with van der Waals surface area (Å²) in [5.41, 5.74) is 7.62. The summed E-state index contributed by atoms with van der Waals surface area (Å²) in [4.78, 5) is 14.0. The van der Waals surface area contributed by atoms with Crippen molar-refractivity contribution in [1.82, 2.24) is 4.90 Å². The van der Waals surface area contributed by atoms with Crippen LogP contribution in [0.4, 0.5) is 0 Å². The standard InChI is InChI=1S/C15H19N3O/c16-11-13-6-4-12(5-7-13)10-14(17)15(19)18-8-2-1-3-9-18/h4-7,14H,1-3,8-10,17H2/t14-/m0/s1. The van der Waals surface area contributed by atoms with Crippen LogP contribution < -0.4 is 5.73 Å². The lowest BCUT2D eigenvalue weighted by Crippen LogP contribution is -2.46. The molecule has 1 aromatic rings. The Kier molecular flexibility index (Phi) is 4.53. The lowest BCUT2D eigenvalue weighted by Gasteiger charge is -2.29. The average molecular weight is 257 g/mol. The molecule has 0 saturated carbocycles. The molecule has 1 aliphatic heterocycles. The van der Waals surface area contributed by atoms with Crippen molar-refractivity contribution >= 4 is 5.91 Å². The number of piperidine rings is 1. The van der Waals surface area contributed by atoms with Gasteiger partial charge in [-0.05, 0) is 43.4 Å². The number of carbonyl (C=O) groups excluding carboxylic acids is 1. The zero-order valence-electron chi connectivity index (χ0n) is 11.0. The molecule has 0 unspecified atom stereocenters. The maximum absolute atomic E-state index is 12.2. The molecule has 4 nitrogen and oxygen atoms in total. The van der Waals surface area contributed by atoms with E-state index in [0.717, 1.165) is 31.5 Å². The first kappa shape index (κ1) is 13.6. The molecule has 1 heterocycles. The quantitative estimate of drug-likeness (QED) is 0.890. The minimum Gasteiger partial charge on any atom is -0.341 e. The van der Waals surface area contributed by atoms with Crippen LogP contribution in [0.15, 0.2) is 24.3 Å². The molecule has 1 saturated heterocycles. The van der Waals surface area contributed by atoms with E-state index < -0.39 is 6.04 Å². The number of likely N-dealkylation sites (tertiary alicyclic amines) is 1. The van der Waals surface area contributed by atoms with E-state index in [0.29, 0.717) is 12.0 Å². The van der Waals surface area contributed by atoms with Gasteiger partial charge in [0, 0.05) is 13.1 Å². The normalized spacial score (nSPS) is 16.7. The van der Waals surface area contributed by atoms with Crippen LogP contribution in [0.5, 0.6) is 0 Å². The van der Waals surface area contributed by atoms with Crippen LogP contribution >= 0.6 is 0 Å². The lowest BCUT2D eigenvalue weighted by atomic mass is 10.0. The monoisotopic (exact) mass is 257 g/mol. The summed E-state index contributed by atoms with van der Waals surface area (Å²) in [6.07, 6.45) is 3.89. The molecule has 1 atom stereocenters. The highest BCUT2D eigenvalue weighted by Gasteiger charge is 2.22. The fourth-order valence-electron chi connectivity index (χ4n) is 2.41. The van der Waals surface area contributed by atoms with Gasteiger partial charge in [-0.1, -0.05) is 12.1 Å². The zero-order chi connectivity index (χ0) is 13.7. The predicted molar refractivity (Wildman–Crippen MR) is 73.3 cm³/mol. The topological polar surface area (TPSA) is 70.1 Å². The van der Waals surface area contributed by atoms with Crippen molar-refractivity contribution < 1.29 is 4.79 Å². The molecule has 1 fully saturated rings. The Morgan fingerprint density at radius 1 is 1.26 bits per heavy atom. The van der Waals surface area contributed by atoms with Crippen LogP contribution in [0, 0.1) is 11.3 Å². The number of benzene rings is 1. The van der Waals surface area contributed by atoms with Crippen LogP contribution in [0.2, 0.25) is 0 Å². The van der Waals surface area contributed by atoms with Crippen molar-refractivity contribution in [2.45, 2.75) is 31.7 Å². The van der Waals surface area contributed by atoms with Crippen molar-refractivity contribution in [2.24, 2.45) is 5.73 Å². The Bertz CT molecular complexity index is 469. The van der Waals surface area contributed by atoms with Gasteiger partial charge >= 0.3 is 0 Å². The summed E-state index contributed by atoms with van der Waals surface area (Å²) in [5, 5.41) is 8.73. The third kappa shape index (κ3) is 3.55. The van der Waals surface area contributed by atoms with Gasteiger partial charge in [0.2, 0.25) is 5.91 Å². The molecule has 2 rings (SSSR count). The first-order valence-corrected chi connectivity index (χ1v) is 6.74. The largest absolute Gasteiger partial charge is 0.341 e. The van der Waals surface area contributed by atoms with Crippen LogP contribution in [-0.4, -0.2) is 29.9 Å². The molecule has 0 aromatic heterocycles. The summed E-state index contributed by atoms with van der Waals surface area (Å²) >= 11 is 0. The van der Waals surface area contributed by atoms with E-state index >= 15 is 0 Å². The molecular weight excluding hydrogens is 238 g/mol. The molecule has 0 aliphatic carbocycles. The van der Waals surface area contributed by atoms with Gasteiger partial charge in [0.1, 0.15) is 0 Å². The molecule has 19 heavy (non-hydrogen) atoms. The summed E-state index contributed by atoms with van der Waals surface area (Å²) in [6, 6.07) is 8.84. The van der Waals surface area contributed by atoms with Gasteiger partial charge < -0.3 is 10.6 Å². The minimum absolute atomic E-state index is 0.0454. The van der Waals surface area contributed by atoms with E-state index in [4.69, 9.17) is 11.0 Å². The molecule has 0 radical (unpaired) electrons. The average Bonchev–Trinajstić information content (AvgIpc) is 2.48. The summed E-state index contributed by atoms with van der Waals surface area (Å²) in [7, 11) is 0. The van der Waals surface area contributed by atoms with Gasteiger partial charge in [-0.15, -0.1) is 0 Å². The smallest absolute Gasteiger partial charge is 0.239 e. The fourth-order valence-corrected chi connectivity index (χ4v) is 2.41. The van der Waals surface area contributed by atoms with Gasteiger partial charge in [-0.2, -0.15) is 5.26 Å². The number of nitrogens with two attached hydrogens (primary N) is 1. The van der Waals surface area contributed by atoms with E-state index in [-0.39, 0.29) is 5.91 Å². The van der Waals surface area contributed by atoms with E-state index in [1.807, 2.05) is 17.0 Å². The van der Waals surface area contributed by atoms with Crippen LogP contribution in [0.25, 0.3) is 0 Å². The molecule has 1 amide bonds. The second-order valence-corrected chi connectivity index (χ2v) is 5.01. The molecule has 0 spiro atoms. The minimum atomic E-state index is -0.481. The third-order valence-corrected chi connectivity index (χ3v) is 3.52. The van der Waals surface area contributed by atoms with Crippen molar-refractivity contribution in [3.8, 4) is 6.07 Å². The van der Waals surface area contributed by atoms with Crippen LogP contribution in [0.1, 0.15) is 30.4 Å². The number of carbonyl (C=O) groups is 1. The Hall–Kier alpha value is -1.86. The molecule has 100 valence electrons. The van der Waals surface area contributed by atoms with Gasteiger partial charge in [-0.3, -0.25) is 4.79 Å². The Morgan fingerprint density at radius 3 is 2.47 bits per heavy atom. The highest BCUT2D eigenvalue weighted by Crippen LogP contribution is 2.12. The fraction of sp³-hybridized carbons (Fsp3) is 0.467. The third-order valence-electron chi connectivity index (χ3n) is 3.52. The Morgan fingerprint density at radius 2 is 1.89 bits per heavy atom. The van der Waals surface area contributed by atoms with Crippen molar-refractivity contribution in [1.29, 1.82) is 5.26 Å². The van der Waals surface area contributed by atoms with E-state index in [1.54, 1.807) is 12.1 Å². The second-order valence-electron chi connectivity index (χ2n) is 5.01. The molecule has 2 N–H and O–H groups in total. The van der Waals surface area contributed by atoms with Crippen LogP contribution in [0.3, 0.4) is 0 Å². The van der Waals surface area contributed by atoms with Gasteiger partial charge in [0.15, 0.2) is 0 Å². The highest BCUT2D eigenvalue weighted by atomic mass is 16.2. The number of hydrogen-bond acceptors (Lipinski definition) is 3. The van der Waals surface area contributed by atoms with Crippen molar-refractivity contribution in [3.05, 3.63) is 35.4 Å². The highest BCUT2D eigenvalue weighted by molar-refractivity contribution is 5.82. The molecule has 0 bridgehead atoms. The van der Waals surface area contributed by atoms with Gasteiger partial charge in [0.05, 0.1) is 17.7 Å². The van der Waals surface area contributed by atoms with E-state index in [9.17, 15) is 4.79 Å². The number of nitriles is 1. The molecule has 1 aromatic carbocycles. The van der Waals surface area contributed by atoms with Gasteiger partial charge in [0.25, 0.3) is 0 Å². The summed E-state index contributed by atoms with van der Waals surface area (Å²) in [5.74, 6) is 0.0454. The maximum Gasteiger partial charge on any atom is 0.239 e. The number of amides is 1. The first-order chi connectivity index (χ1) is 9.20. The van der Waals surface area contributed by atoms with Crippen molar-refractivity contribution in [2.75, 3.05) is 13.1 Å². The maximum atomic E-state index is 12.2. The Balaban J connectivity index is 1.93. The number of hydrogen-bond donors (Lipinski definition) is 1. The van der Waals surface area contributed by atoms with E-state index in [1.165, 1.54) is 6.42 Å². The molecule has 1 aliphatic rings. The SMILES string of the molecule is N#Cc1ccc(C[C@H](N)C(=O)N2CCCCC2)cc1.